The Labute approximate surface area is 125 Å². The summed E-state index contributed by atoms with van der Waals surface area (Å²) in [6, 6.07) is 0.800. The van der Waals surface area contributed by atoms with E-state index >= 15 is 0 Å². The lowest BCUT2D eigenvalue weighted by molar-refractivity contribution is -0.0522. The van der Waals surface area contributed by atoms with Crippen LogP contribution < -0.4 is 5.32 Å². The van der Waals surface area contributed by atoms with E-state index in [2.05, 4.69) is 25.0 Å². The number of hydrogen-bond acceptors (Lipinski definition) is 1. The van der Waals surface area contributed by atoms with E-state index < -0.39 is 0 Å². The average molecular weight is 275 g/mol. The highest BCUT2D eigenvalue weighted by Crippen LogP contribution is 2.57. The van der Waals surface area contributed by atoms with Gasteiger partial charge in [-0.05, 0) is 88.0 Å². The normalized spacial score (nSPS) is 40.0. The van der Waals surface area contributed by atoms with E-state index in [-0.39, 0.29) is 0 Å². The van der Waals surface area contributed by atoms with Crippen molar-refractivity contribution in [3.8, 4) is 0 Å². The topological polar surface area (TPSA) is 12.0 Å². The summed E-state index contributed by atoms with van der Waals surface area (Å²) >= 11 is 0. The van der Waals surface area contributed by atoms with Gasteiger partial charge in [-0.3, -0.25) is 0 Å². The number of nitrogens with one attached hydrogen (secondary N) is 1. The SMILES string of the molecule is C=CCCCCCC(NC)C1C2CC3CC(C2)CC1C3. The average Bonchev–Trinajstić information content (AvgIpc) is 2.43. The monoisotopic (exact) mass is 275 g/mol. The fourth-order valence-electron chi connectivity index (χ4n) is 5.98. The summed E-state index contributed by atoms with van der Waals surface area (Å²) in [5.41, 5.74) is 0. The quantitative estimate of drug-likeness (QED) is 0.496. The minimum atomic E-state index is 0.800. The lowest BCUT2D eigenvalue weighted by atomic mass is 9.50. The molecule has 0 radical (unpaired) electrons. The van der Waals surface area contributed by atoms with Gasteiger partial charge in [-0.25, -0.2) is 0 Å². The molecule has 1 unspecified atom stereocenters. The minimum absolute atomic E-state index is 0.800. The van der Waals surface area contributed by atoms with E-state index in [0.717, 1.165) is 35.6 Å². The highest BCUT2D eigenvalue weighted by atomic mass is 14.9. The molecule has 0 heterocycles. The van der Waals surface area contributed by atoms with Crippen molar-refractivity contribution in [3.63, 3.8) is 0 Å². The summed E-state index contributed by atoms with van der Waals surface area (Å²) < 4.78 is 0. The van der Waals surface area contributed by atoms with Gasteiger partial charge in [-0.15, -0.1) is 6.58 Å². The van der Waals surface area contributed by atoms with Crippen LogP contribution in [0.5, 0.6) is 0 Å². The molecule has 20 heavy (non-hydrogen) atoms. The summed E-state index contributed by atoms with van der Waals surface area (Å²) in [5, 5.41) is 3.70. The second-order valence-electron chi connectivity index (χ2n) is 7.83. The molecule has 0 aliphatic heterocycles. The van der Waals surface area contributed by atoms with E-state index in [1.807, 2.05) is 0 Å². The van der Waals surface area contributed by atoms with Gasteiger partial charge in [0, 0.05) is 6.04 Å². The maximum Gasteiger partial charge on any atom is 0.00976 e. The third kappa shape index (κ3) is 2.98. The first-order chi connectivity index (χ1) is 9.81. The van der Waals surface area contributed by atoms with Gasteiger partial charge in [-0.1, -0.05) is 18.9 Å². The first-order valence-electron chi connectivity index (χ1n) is 9.10. The lowest BCUT2D eigenvalue weighted by Gasteiger charge is -2.56. The van der Waals surface area contributed by atoms with E-state index in [9.17, 15) is 0 Å². The van der Waals surface area contributed by atoms with Gasteiger partial charge in [0.1, 0.15) is 0 Å². The molecule has 0 saturated heterocycles. The molecule has 1 N–H and O–H groups in total. The smallest absolute Gasteiger partial charge is 0.00976 e. The zero-order valence-electron chi connectivity index (χ0n) is 13.3. The first kappa shape index (κ1) is 14.6. The Morgan fingerprint density at radius 1 is 1.00 bits per heavy atom. The van der Waals surface area contributed by atoms with Crippen molar-refractivity contribution in [2.24, 2.45) is 29.6 Å². The zero-order chi connectivity index (χ0) is 13.9. The van der Waals surface area contributed by atoms with Crippen LogP contribution in [-0.2, 0) is 0 Å². The molecule has 0 aromatic heterocycles. The van der Waals surface area contributed by atoms with Crippen molar-refractivity contribution in [3.05, 3.63) is 12.7 Å². The molecular formula is C19H33N. The molecule has 0 amide bonds. The molecule has 0 aromatic carbocycles. The molecule has 1 atom stereocenters. The third-order valence-corrected chi connectivity index (χ3v) is 6.56. The van der Waals surface area contributed by atoms with Crippen LogP contribution in [0.25, 0.3) is 0 Å². The van der Waals surface area contributed by atoms with Gasteiger partial charge >= 0.3 is 0 Å². The Hall–Kier alpha value is -0.300. The van der Waals surface area contributed by atoms with Gasteiger partial charge in [0.2, 0.25) is 0 Å². The number of allylic oxidation sites excluding steroid dienone is 1. The van der Waals surface area contributed by atoms with Crippen molar-refractivity contribution < 1.29 is 0 Å². The predicted octanol–water partition coefficient (Wildman–Crippen LogP) is 4.78. The third-order valence-electron chi connectivity index (χ3n) is 6.56. The molecule has 1 nitrogen and oxygen atoms in total. The molecule has 1 heteroatoms. The Kier molecular flexibility index (Phi) is 4.86. The van der Waals surface area contributed by atoms with Crippen LogP contribution in [-0.4, -0.2) is 13.1 Å². The summed E-state index contributed by atoms with van der Waals surface area (Å²) in [4.78, 5) is 0. The molecular weight excluding hydrogens is 242 g/mol. The second-order valence-corrected chi connectivity index (χ2v) is 7.83. The van der Waals surface area contributed by atoms with Crippen molar-refractivity contribution in [2.45, 2.75) is 70.3 Å². The van der Waals surface area contributed by atoms with Crippen LogP contribution in [0, 0.1) is 29.6 Å². The largest absolute Gasteiger partial charge is 0.317 e. The summed E-state index contributed by atoms with van der Waals surface area (Å²) in [5.74, 6) is 5.36. The Morgan fingerprint density at radius 3 is 2.20 bits per heavy atom. The van der Waals surface area contributed by atoms with Gasteiger partial charge in [-0.2, -0.15) is 0 Å². The second kappa shape index (κ2) is 6.64. The van der Waals surface area contributed by atoms with Gasteiger partial charge in [0.25, 0.3) is 0 Å². The maximum atomic E-state index is 3.82. The summed E-state index contributed by atoms with van der Waals surface area (Å²) in [6.07, 6.45) is 16.6. The molecule has 4 aliphatic carbocycles. The van der Waals surface area contributed by atoms with E-state index in [1.165, 1.54) is 32.1 Å². The van der Waals surface area contributed by atoms with Crippen LogP contribution in [0.2, 0.25) is 0 Å². The summed E-state index contributed by atoms with van der Waals surface area (Å²) in [6.45, 7) is 3.82. The molecule has 114 valence electrons. The van der Waals surface area contributed by atoms with Gasteiger partial charge < -0.3 is 5.32 Å². The standard InChI is InChI=1S/C19H33N/c1-3-4-5-6-7-8-18(20-2)19-16-10-14-9-15(12-16)13-17(19)11-14/h3,14-20H,1,4-13H2,2H3. The molecule has 4 rings (SSSR count). The first-order valence-corrected chi connectivity index (χ1v) is 9.10. The van der Waals surface area contributed by atoms with Crippen LogP contribution in [0.15, 0.2) is 12.7 Å². The van der Waals surface area contributed by atoms with Crippen molar-refractivity contribution in [1.29, 1.82) is 0 Å². The van der Waals surface area contributed by atoms with Gasteiger partial charge in [0.15, 0.2) is 0 Å². The van der Waals surface area contributed by atoms with E-state index in [1.54, 1.807) is 32.1 Å². The van der Waals surface area contributed by atoms with E-state index in [4.69, 9.17) is 0 Å². The molecule has 4 saturated carbocycles. The van der Waals surface area contributed by atoms with Gasteiger partial charge in [0.05, 0.1) is 0 Å². The van der Waals surface area contributed by atoms with Crippen LogP contribution >= 0.6 is 0 Å². The molecule has 0 aromatic rings. The number of unbranched alkanes of at least 4 members (excludes halogenated alkanes) is 3. The fraction of sp³-hybridized carbons (Fsp3) is 0.895. The van der Waals surface area contributed by atoms with Crippen LogP contribution in [0.1, 0.15) is 64.2 Å². The Morgan fingerprint density at radius 2 is 1.65 bits per heavy atom. The maximum absolute atomic E-state index is 3.82. The van der Waals surface area contributed by atoms with Crippen LogP contribution in [0.3, 0.4) is 0 Å². The minimum Gasteiger partial charge on any atom is -0.317 e. The van der Waals surface area contributed by atoms with Crippen LogP contribution in [0.4, 0.5) is 0 Å². The van der Waals surface area contributed by atoms with Crippen molar-refractivity contribution in [1.82, 2.24) is 5.32 Å². The lowest BCUT2D eigenvalue weighted by Crippen LogP contribution is -2.52. The molecule has 4 bridgehead atoms. The Bertz CT molecular complexity index is 294. The predicted molar refractivity (Wildman–Crippen MR) is 86.7 cm³/mol. The van der Waals surface area contributed by atoms with Crippen molar-refractivity contribution >= 4 is 0 Å². The number of hydrogen-bond donors (Lipinski definition) is 1. The summed E-state index contributed by atoms with van der Waals surface area (Å²) in [7, 11) is 2.21. The Balaban J connectivity index is 1.52. The number of rotatable bonds is 8. The fourth-order valence-corrected chi connectivity index (χ4v) is 5.98. The molecule has 0 spiro atoms. The van der Waals surface area contributed by atoms with Crippen molar-refractivity contribution in [2.75, 3.05) is 7.05 Å². The van der Waals surface area contributed by atoms with E-state index in [0.29, 0.717) is 0 Å². The molecule has 4 aliphatic rings. The molecule has 4 fully saturated rings. The zero-order valence-corrected chi connectivity index (χ0v) is 13.3. The highest BCUT2D eigenvalue weighted by Gasteiger charge is 2.49. The highest BCUT2D eigenvalue weighted by molar-refractivity contribution is 5.01.